The summed E-state index contributed by atoms with van der Waals surface area (Å²) in [6.07, 6.45) is 0. The molecule has 1 heterocycles. The quantitative estimate of drug-likeness (QED) is 0.711. The zero-order chi connectivity index (χ0) is 17.6. The molecule has 1 aromatic heterocycles. The summed E-state index contributed by atoms with van der Waals surface area (Å²) in [5.41, 5.74) is 2.50. The zero-order valence-electron chi connectivity index (χ0n) is 13.7. The lowest BCUT2D eigenvalue weighted by molar-refractivity contribution is -0.115. The molecule has 0 spiro atoms. The number of para-hydroxylation sites is 1. The standard InChI is InChI=1S/C19H18N2O2S2/c1-14(18(22)20-16-10-6-3-7-11-16)25(23)13-17-12-24-19(21-17)15-8-4-2-5-9-15/h2-12,14H,13H2,1H3,(H,20,22)/t14-,25-/m0/s1. The second-order valence-corrected chi connectivity index (χ2v) is 8.15. The van der Waals surface area contributed by atoms with Crippen molar-refractivity contribution in [3.8, 4) is 10.6 Å². The first kappa shape index (κ1) is 17.5. The Labute approximate surface area is 153 Å². The third kappa shape index (κ3) is 4.61. The van der Waals surface area contributed by atoms with E-state index in [4.69, 9.17) is 0 Å². The number of nitrogens with one attached hydrogen (secondary N) is 1. The number of hydrogen-bond acceptors (Lipinski definition) is 4. The molecular formula is C19H18N2O2S2. The van der Waals surface area contributed by atoms with Crippen LogP contribution >= 0.6 is 11.3 Å². The molecule has 0 unspecified atom stereocenters. The van der Waals surface area contributed by atoms with Crippen molar-refractivity contribution in [1.29, 1.82) is 0 Å². The van der Waals surface area contributed by atoms with E-state index in [0.29, 0.717) is 5.69 Å². The van der Waals surface area contributed by atoms with Crippen molar-refractivity contribution < 1.29 is 9.00 Å². The number of amides is 1. The Morgan fingerprint density at radius 1 is 1.12 bits per heavy atom. The highest BCUT2D eigenvalue weighted by Crippen LogP contribution is 2.24. The Morgan fingerprint density at radius 3 is 2.44 bits per heavy atom. The van der Waals surface area contributed by atoms with Gasteiger partial charge in [-0.2, -0.15) is 0 Å². The molecule has 0 radical (unpaired) electrons. The molecule has 2 aromatic carbocycles. The van der Waals surface area contributed by atoms with Crippen molar-refractivity contribution in [1.82, 2.24) is 4.98 Å². The Kier molecular flexibility index (Phi) is 5.73. The minimum absolute atomic E-state index is 0.247. The number of nitrogens with zero attached hydrogens (tertiary/aromatic N) is 1. The van der Waals surface area contributed by atoms with Gasteiger partial charge in [0.05, 0.1) is 11.4 Å². The van der Waals surface area contributed by atoms with Crippen LogP contribution < -0.4 is 5.32 Å². The molecule has 4 nitrogen and oxygen atoms in total. The normalized spacial score (nSPS) is 13.2. The predicted molar refractivity (Wildman–Crippen MR) is 104 cm³/mol. The van der Waals surface area contributed by atoms with Gasteiger partial charge in [-0.15, -0.1) is 11.3 Å². The van der Waals surface area contributed by atoms with Gasteiger partial charge >= 0.3 is 0 Å². The predicted octanol–water partition coefficient (Wildman–Crippen LogP) is 4.09. The Bertz CT molecular complexity index is 863. The van der Waals surface area contributed by atoms with E-state index >= 15 is 0 Å². The van der Waals surface area contributed by atoms with Crippen molar-refractivity contribution in [3.63, 3.8) is 0 Å². The van der Waals surface area contributed by atoms with Gasteiger partial charge in [-0.1, -0.05) is 48.5 Å². The lowest BCUT2D eigenvalue weighted by Gasteiger charge is -2.11. The molecule has 0 aliphatic rings. The first-order chi connectivity index (χ1) is 12.1. The Balaban J connectivity index is 1.62. The Morgan fingerprint density at radius 2 is 1.76 bits per heavy atom. The summed E-state index contributed by atoms with van der Waals surface area (Å²) in [6, 6.07) is 19.1. The van der Waals surface area contributed by atoms with Crippen LogP contribution in [0.2, 0.25) is 0 Å². The van der Waals surface area contributed by atoms with Crippen LogP contribution in [0.1, 0.15) is 12.6 Å². The zero-order valence-corrected chi connectivity index (χ0v) is 15.3. The summed E-state index contributed by atoms with van der Waals surface area (Å²) in [5.74, 6) is 0.0234. The van der Waals surface area contributed by atoms with Gasteiger partial charge in [0.25, 0.3) is 0 Å². The average molecular weight is 370 g/mol. The SMILES string of the molecule is C[C@@H](C(=O)Nc1ccccc1)[S@@](=O)Cc1csc(-c2ccccc2)n1. The number of rotatable bonds is 6. The molecule has 0 fully saturated rings. The number of benzene rings is 2. The molecule has 128 valence electrons. The van der Waals surface area contributed by atoms with E-state index in [-0.39, 0.29) is 11.7 Å². The van der Waals surface area contributed by atoms with Crippen molar-refractivity contribution >= 4 is 33.7 Å². The number of carbonyl (C=O) groups excluding carboxylic acids is 1. The second kappa shape index (κ2) is 8.18. The number of aromatic nitrogens is 1. The molecule has 3 rings (SSSR count). The van der Waals surface area contributed by atoms with E-state index in [2.05, 4.69) is 10.3 Å². The van der Waals surface area contributed by atoms with Crippen LogP contribution in [0.15, 0.2) is 66.0 Å². The summed E-state index contributed by atoms with van der Waals surface area (Å²) in [4.78, 5) is 16.8. The van der Waals surface area contributed by atoms with E-state index in [1.807, 2.05) is 53.9 Å². The third-order valence-corrected chi connectivity index (χ3v) is 6.19. The van der Waals surface area contributed by atoms with Gasteiger partial charge in [-0.3, -0.25) is 9.00 Å². The van der Waals surface area contributed by atoms with E-state index in [1.165, 1.54) is 11.3 Å². The Hall–Kier alpha value is -2.31. The fourth-order valence-electron chi connectivity index (χ4n) is 2.24. The number of hydrogen-bond donors (Lipinski definition) is 1. The van der Waals surface area contributed by atoms with E-state index in [9.17, 15) is 9.00 Å². The lowest BCUT2D eigenvalue weighted by Crippen LogP contribution is -2.29. The van der Waals surface area contributed by atoms with Gasteiger partial charge < -0.3 is 5.32 Å². The highest BCUT2D eigenvalue weighted by atomic mass is 32.2. The van der Waals surface area contributed by atoms with Crippen LogP contribution in [-0.2, 0) is 21.3 Å². The molecule has 25 heavy (non-hydrogen) atoms. The molecule has 0 bridgehead atoms. The van der Waals surface area contributed by atoms with Crippen LogP contribution in [0.25, 0.3) is 10.6 Å². The molecule has 0 saturated heterocycles. The summed E-state index contributed by atoms with van der Waals surface area (Å²) in [7, 11) is -1.33. The van der Waals surface area contributed by atoms with Crippen LogP contribution in [0.4, 0.5) is 5.69 Å². The summed E-state index contributed by atoms with van der Waals surface area (Å²) in [6.45, 7) is 1.68. The van der Waals surface area contributed by atoms with Gasteiger partial charge in [0.2, 0.25) is 5.91 Å². The molecule has 1 amide bonds. The monoisotopic (exact) mass is 370 g/mol. The van der Waals surface area contributed by atoms with E-state index in [0.717, 1.165) is 16.3 Å². The van der Waals surface area contributed by atoms with Gasteiger partial charge in [0, 0.05) is 27.4 Å². The average Bonchev–Trinajstić information content (AvgIpc) is 3.11. The van der Waals surface area contributed by atoms with E-state index in [1.54, 1.807) is 19.1 Å². The molecule has 1 N–H and O–H groups in total. The maximum Gasteiger partial charge on any atom is 0.239 e. The molecule has 3 aromatic rings. The highest BCUT2D eigenvalue weighted by Gasteiger charge is 2.21. The highest BCUT2D eigenvalue weighted by molar-refractivity contribution is 7.85. The number of carbonyl (C=O) groups is 1. The maximum absolute atomic E-state index is 12.5. The minimum atomic E-state index is -1.33. The lowest BCUT2D eigenvalue weighted by atomic mass is 10.2. The topological polar surface area (TPSA) is 59.1 Å². The third-order valence-electron chi connectivity index (χ3n) is 3.67. The fraction of sp³-hybridized carbons (Fsp3) is 0.158. The van der Waals surface area contributed by atoms with Crippen molar-refractivity contribution in [2.75, 3.05) is 5.32 Å². The smallest absolute Gasteiger partial charge is 0.239 e. The first-order valence-corrected chi connectivity index (χ1v) is 10.1. The second-order valence-electron chi connectivity index (χ2n) is 5.53. The minimum Gasteiger partial charge on any atom is -0.325 e. The van der Waals surface area contributed by atoms with Crippen molar-refractivity contribution in [2.24, 2.45) is 0 Å². The summed E-state index contributed by atoms with van der Waals surface area (Å²) in [5, 5.41) is 4.98. The van der Waals surface area contributed by atoms with Crippen LogP contribution in [0.5, 0.6) is 0 Å². The fourth-order valence-corrected chi connectivity index (χ4v) is 4.16. The van der Waals surface area contributed by atoms with Crippen LogP contribution in [0.3, 0.4) is 0 Å². The van der Waals surface area contributed by atoms with Crippen LogP contribution in [0, 0.1) is 0 Å². The molecule has 6 heteroatoms. The van der Waals surface area contributed by atoms with Gasteiger partial charge in [0.1, 0.15) is 10.3 Å². The van der Waals surface area contributed by atoms with Gasteiger partial charge in [-0.05, 0) is 19.1 Å². The number of thiazole rings is 1. The number of anilines is 1. The van der Waals surface area contributed by atoms with Gasteiger partial charge in [-0.25, -0.2) is 4.98 Å². The summed E-state index contributed by atoms with van der Waals surface area (Å²) >= 11 is 1.52. The first-order valence-electron chi connectivity index (χ1n) is 7.86. The van der Waals surface area contributed by atoms with Crippen molar-refractivity contribution in [3.05, 3.63) is 71.7 Å². The van der Waals surface area contributed by atoms with Crippen molar-refractivity contribution in [2.45, 2.75) is 17.9 Å². The largest absolute Gasteiger partial charge is 0.325 e. The van der Waals surface area contributed by atoms with E-state index < -0.39 is 16.0 Å². The molecule has 2 atom stereocenters. The van der Waals surface area contributed by atoms with Gasteiger partial charge in [0.15, 0.2) is 0 Å². The maximum atomic E-state index is 12.5. The van der Waals surface area contributed by atoms with Crippen LogP contribution in [-0.4, -0.2) is 20.3 Å². The summed E-state index contributed by atoms with van der Waals surface area (Å²) < 4.78 is 12.5. The molecular weight excluding hydrogens is 352 g/mol. The molecule has 0 aliphatic heterocycles. The molecule has 0 aliphatic carbocycles. The molecule has 0 saturated carbocycles.